The van der Waals surface area contributed by atoms with Gasteiger partial charge in [0, 0.05) is 9.79 Å². The molecule has 0 amide bonds. The topological polar surface area (TPSA) is 26.0 Å². The molecule has 2 N–H and O–H groups in total. The number of rotatable bonds is 7. The first kappa shape index (κ1) is 16.1. The van der Waals surface area contributed by atoms with Crippen molar-refractivity contribution in [2.24, 2.45) is 5.73 Å². The average molecular weight is 299 g/mol. The molecule has 2 rings (SSSR count). The zero-order chi connectivity index (χ0) is 15.1. The standard InChI is InChI=1S/C19H25NS/c1-3-7-16-8-4-5-11-19(16)21-18-10-6-9-17(14-18)15(2)12-13-20/h4-6,8-11,14-15H,3,7,12-13,20H2,1-2H3. The first-order valence-corrected chi connectivity index (χ1v) is 8.62. The molecule has 1 nitrogen and oxygen atoms in total. The molecule has 0 aliphatic rings. The van der Waals surface area contributed by atoms with E-state index in [0.29, 0.717) is 5.92 Å². The maximum absolute atomic E-state index is 5.68. The van der Waals surface area contributed by atoms with Crippen molar-refractivity contribution in [1.82, 2.24) is 0 Å². The summed E-state index contributed by atoms with van der Waals surface area (Å²) in [5.74, 6) is 0.529. The van der Waals surface area contributed by atoms with Crippen molar-refractivity contribution < 1.29 is 0 Å². The van der Waals surface area contributed by atoms with E-state index in [9.17, 15) is 0 Å². The van der Waals surface area contributed by atoms with E-state index in [1.807, 2.05) is 11.8 Å². The second-order valence-electron chi connectivity index (χ2n) is 5.51. The van der Waals surface area contributed by atoms with E-state index in [2.05, 4.69) is 62.4 Å². The Kier molecular flexibility index (Phi) is 6.34. The Labute approximate surface area is 133 Å². The van der Waals surface area contributed by atoms with Crippen molar-refractivity contribution in [3.05, 3.63) is 59.7 Å². The highest BCUT2D eigenvalue weighted by Crippen LogP contribution is 2.33. The van der Waals surface area contributed by atoms with Crippen molar-refractivity contribution in [2.75, 3.05) is 6.54 Å². The van der Waals surface area contributed by atoms with Gasteiger partial charge in [0.1, 0.15) is 0 Å². The summed E-state index contributed by atoms with van der Waals surface area (Å²) in [4.78, 5) is 2.70. The molecule has 0 aliphatic heterocycles. The van der Waals surface area contributed by atoms with Gasteiger partial charge < -0.3 is 5.73 Å². The van der Waals surface area contributed by atoms with Crippen molar-refractivity contribution in [1.29, 1.82) is 0 Å². The molecule has 0 saturated heterocycles. The van der Waals surface area contributed by atoms with Crippen molar-refractivity contribution in [3.63, 3.8) is 0 Å². The molecule has 0 saturated carbocycles. The van der Waals surface area contributed by atoms with Crippen LogP contribution >= 0.6 is 11.8 Å². The fourth-order valence-corrected chi connectivity index (χ4v) is 3.55. The normalized spacial score (nSPS) is 12.3. The summed E-state index contributed by atoms with van der Waals surface area (Å²) in [5.41, 5.74) is 8.51. The minimum absolute atomic E-state index is 0.529. The van der Waals surface area contributed by atoms with E-state index >= 15 is 0 Å². The third kappa shape index (κ3) is 4.62. The molecular formula is C19H25NS. The molecule has 0 radical (unpaired) electrons. The van der Waals surface area contributed by atoms with Gasteiger partial charge in [0.25, 0.3) is 0 Å². The van der Waals surface area contributed by atoms with Crippen molar-refractivity contribution >= 4 is 11.8 Å². The summed E-state index contributed by atoms with van der Waals surface area (Å²) in [6.45, 7) is 5.23. The van der Waals surface area contributed by atoms with Crippen molar-refractivity contribution in [3.8, 4) is 0 Å². The minimum Gasteiger partial charge on any atom is -0.330 e. The predicted molar refractivity (Wildman–Crippen MR) is 93.1 cm³/mol. The fraction of sp³-hybridized carbons (Fsp3) is 0.368. The summed E-state index contributed by atoms with van der Waals surface area (Å²) in [6, 6.07) is 17.6. The second-order valence-corrected chi connectivity index (χ2v) is 6.63. The molecular weight excluding hydrogens is 274 g/mol. The molecule has 2 aromatic rings. The smallest absolute Gasteiger partial charge is 0.0154 e. The molecule has 21 heavy (non-hydrogen) atoms. The van der Waals surface area contributed by atoms with Gasteiger partial charge in [0.15, 0.2) is 0 Å². The molecule has 0 bridgehead atoms. The summed E-state index contributed by atoms with van der Waals surface area (Å²) in [6.07, 6.45) is 3.37. The van der Waals surface area contributed by atoms with Crippen LogP contribution in [0.5, 0.6) is 0 Å². The van der Waals surface area contributed by atoms with Crippen LogP contribution in [0.25, 0.3) is 0 Å². The van der Waals surface area contributed by atoms with Crippen LogP contribution in [0.15, 0.2) is 58.3 Å². The lowest BCUT2D eigenvalue weighted by atomic mass is 9.98. The minimum atomic E-state index is 0.529. The lowest BCUT2D eigenvalue weighted by molar-refractivity contribution is 0.688. The Morgan fingerprint density at radius 1 is 1.10 bits per heavy atom. The van der Waals surface area contributed by atoms with E-state index in [1.165, 1.54) is 27.3 Å². The SMILES string of the molecule is CCCc1ccccc1Sc1cccc(C(C)CCN)c1. The number of nitrogens with two attached hydrogens (primary N) is 1. The molecule has 0 aromatic heterocycles. The maximum Gasteiger partial charge on any atom is 0.0154 e. The van der Waals surface area contributed by atoms with Crippen LogP contribution in [-0.2, 0) is 6.42 Å². The largest absolute Gasteiger partial charge is 0.330 e. The van der Waals surface area contributed by atoms with Crippen LogP contribution in [0.2, 0.25) is 0 Å². The molecule has 1 atom stereocenters. The third-order valence-electron chi connectivity index (χ3n) is 3.75. The summed E-state index contributed by atoms with van der Waals surface area (Å²) >= 11 is 1.87. The average Bonchev–Trinajstić information content (AvgIpc) is 2.50. The van der Waals surface area contributed by atoms with Crippen LogP contribution < -0.4 is 5.73 Å². The van der Waals surface area contributed by atoms with Gasteiger partial charge in [-0.05, 0) is 54.6 Å². The lowest BCUT2D eigenvalue weighted by Crippen LogP contribution is -2.04. The maximum atomic E-state index is 5.68. The lowest BCUT2D eigenvalue weighted by Gasteiger charge is -2.13. The number of aryl methyl sites for hydroxylation is 1. The van der Waals surface area contributed by atoms with Crippen LogP contribution in [0.3, 0.4) is 0 Å². The fourth-order valence-electron chi connectivity index (χ4n) is 2.51. The zero-order valence-electron chi connectivity index (χ0n) is 13.0. The zero-order valence-corrected chi connectivity index (χ0v) is 13.8. The Morgan fingerprint density at radius 3 is 2.67 bits per heavy atom. The van der Waals surface area contributed by atoms with Crippen molar-refractivity contribution in [2.45, 2.75) is 48.8 Å². The molecule has 2 heteroatoms. The number of hydrogen-bond donors (Lipinski definition) is 1. The van der Waals surface area contributed by atoms with Gasteiger partial charge in [0.2, 0.25) is 0 Å². The van der Waals surface area contributed by atoms with Gasteiger partial charge in [-0.3, -0.25) is 0 Å². The summed E-state index contributed by atoms with van der Waals surface area (Å²) in [7, 11) is 0. The van der Waals surface area contributed by atoms with Gasteiger partial charge in [-0.15, -0.1) is 0 Å². The van der Waals surface area contributed by atoms with E-state index in [4.69, 9.17) is 5.73 Å². The number of hydrogen-bond acceptors (Lipinski definition) is 2. The Morgan fingerprint density at radius 2 is 1.90 bits per heavy atom. The quantitative estimate of drug-likeness (QED) is 0.756. The highest BCUT2D eigenvalue weighted by Gasteiger charge is 2.07. The van der Waals surface area contributed by atoms with E-state index in [-0.39, 0.29) is 0 Å². The highest BCUT2D eigenvalue weighted by atomic mass is 32.2. The molecule has 1 unspecified atom stereocenters. The summed E-state index contributed by atoms with van der Waals surface area (Å²) < 4.78 is 0. The molecule has 0 spiro atoms. The Balaban J connectivity index is 2.18. The van der Waals surface area contributed by atoms with E-state index in [0.717, 1.165) is 19.4 Å². The second kappa shape index (κ2) is 8.26. The molecule has 0 aliphatic carbocycles. The predicted octanol–water partition coefficient (Wildman–Crippen LogP) is 5.24. The number of benzene rings is 2. The molecule has 2 aromatic carbocycles. The highest BCUT2D eigenvalue weighted by molar-refractivity contribution is 7.99. The van der Waals surface area contributed by atoms with Gasteiger partial charge in [-0.25, -0.2) is 0 Å². The molecule has 0 fully saturated rings. The van der Waals surface area contributed by atoms with Crippen LogP contribution in [0, 0.1) is 0 Å². The van der Waals surface area contributed by atoms with Crippen LogP contribution in [0.1, 0.15) is 43.7 Å². The van der Waals surface area contributed by atoms with Gasteiger partial charge >= 0.3 is 0 Å². The Bertz CT molecular complexity index is 565. The molecule has 112 valence electrons. The van der Waals surface area contributed by atoms with Gasteiger partial charge in [-0.2, -0.15) is 0 Å². The first-order chi connectivity index (χ1) is 10.2. The van der Waals surface area contributed by atoms with Crippen LogP contribution in [0.4, 0.5) is 0 Å². The van der Waals surface area contributed by atoms with Crippen LogP contribution in [-0.4, -0.2) is 6.54 Å². The van der Waals surface area contributed by atoms with Gasteiger partial charge in [-0.1, -0.05) is 62.4 Å². The van der Waals surface area contributed by atoms with Gasteiger partial charge in [0.05, 0.1) is 0 Å². The summed E-state index contributed by atoms with van der Waals surface area (Å²) in [5, 5.41) is 0. The van der Waals surface area contributed by atoms with E-state index < -0.39 is 0 Å². The molecule has 0 heterocycles. The van der Waals surface area contributed by atoms with E-state index in [1.54, 1.807) is 0 Å². The third-order valence-corrected chi connectivity index (χ3v) is 4.85. The monoisotopic (exact) mass is 299 g/mol. The Hall–Kier alpha value is -1.25. The first-order valence-electron chi connectivity index (χ1n) is 7.80.